The molecular formula is C21H18FN3O. The average molecular weight is 347 g/mol. The number of hydrogen-bond acceptors (Lipinski definition) is 4. The third-order valence-corrected chi connectivity index (χ3v) is 4.74. The van der Waals surface area contributed by atoms with Crippen LogP contribution in [0.15, 0.2) is 48.8 Å². The third kappa shape index (κ3) is 3.12. The summed E-state index contributed by atoms with van der Waals surface area (Å²) < 4.78 is 20.1. The quantitative estimate of drug-likeness (QED) is 0.777. The zero-order chi connectivity index (χ0) is 17.9. The Bertz CT molecular complexity index is 990. The van der Waals surface area contributed by atoms with E-state index in [1.165, 1.54) is 6.07 Å². The predicted octanol–water partition coefficient (Wildman–Crippen LogP) is 4.04. The highest BCUT2D eigenvalue weighted by Gasteiger charge is 2.19. The summed E-state index contributed by atoms with van der Waals surface area (Å²) in [4.78, 5) is 4.18. The molecule has 0 amide bonds. The van der Waals surface area contributed by atoms with E-state index in [1.54, 1.807) is 24.5 Å². The van der Waals surface area contributed by atoms with Gasteiger partial charge in [-0.25, -0.2) is 4.39 Å². The highest BCUT2D eigenvalue weighted by Crippen LogP contribution is 2.38. The van der Waals surface area contributed by atoms with Crippen molar-refractivity contribution in [3.63, 3.8) is 0 Å². The van der Waals surface area contributed by atoms with Crippen molar-refractivity contribution in [1.29, 1.82) is 5.26 Å². The molecule has 0 aliphatic carbocycles. The minimum Gasteiger partial charge on any atom is -0.490 e. The molecule has 26 heavy (non-hydrogen) atoms. The van der Waals surface area contributed by atoms with Crippen molar-refractivity contribution in [3.8, 4) is 22.9 Å². The first-order valence-electron chi connectivity index (χ1n) is 8.70. The molecule has 2 heterocycles. The minimum absolute atomic E-state index is 0.0291. The molecule has 3 aromatic rings. The summed E-state index contributed by atoms with van der Waals surface area (Å²) in [6, 6.07) is 12.4. The Morgan fingerprint density at radius 1 is 1.15 bits per heavy atom. The van der Waals surface area contributed by atoms with E-state index < -0.39 is 5.82 Å². The fraction of sp³-hybridized carbons (Fsp3) is 0.238. The lowest BCUT2D eigenvalue weighted by Crippen LogP contribution is -2.34. The molecule has 4 rings (SSSR count). The highest BCUT2D eigenvalue weighted by molar-refractivity contribution is 5.99. The van der Waals surface area contributed by atoms with Crippen LogP contribution in [0.3, 0.4) is 0 Å². The van der Waals surface area contributed by atoms with E-state index in [9.17, 15) is 9.65 Å². The van der Waals surface area contributed by atoms with Crippen LogP contribution in [0.1, 0.15) is 18.4 Å². The predicted molar refractivity (Wildman–Crippen MR) is 98.4 cm³/mol. The number of halogens is 1. The topological polar surface area (TPSA) is 57.9 Å². The van der Waals surface area contributed by atoms with Gasteiger partial charge < -0.3 is 10.1 Å². The SMILES string of the molecule is N#Cc1cc(-c2c(OC3CCNCC3)ccc3cnccc23)ccc1F. The molecular weight excluding hydrogens is 329 g/mol. The van der Waals surface area contributed by atoms with E-state index in [2.05, 4.69) is 10.3 Å². The summed E-state index contributed by atoms with van der Waals surface area (Å²) in [5, 5.41) is 14.5. The molecule has 0 unspecified atom stereocenters. The van der Waals surface area contributed by atoms with Crippen LogP contribution in [-0.2, 0) is 0 Å². The van der Waals surface area contributed by atoms with Gasteiger partial charge in [0, 0.05) is 23.3 Å². The molecule has 0 bridgehead atoms. The maximum Gasteiger partial charge on any atom is 0.140 e. The molecule has 1 N–H and O–H groups in total. The first-order chi connectivity index (χ1) is 12.8. The molecule has 1 fully saturated rings. The van der Waals surface area contributed by atoms with Crippen LogP contribution in [0, 0.1) is 17.1 Å². The number of nitrogens with zero attached hydrogens (tertiary/aromatic N) is 2. The number of nitriles is 1. The Balaban J connectivity index is 1.87. The Morgan fingerprint density at radius 3 is 2.81 bits per heavy atom. The monoisotopic (exact) mass is 347 g/mol. The van der Waals surface area contributed by atoms with Gasteiger partial charge in [0.05, 0.1) is 5.56 Å². The molecule has 0 atom stereocenters. The zero-order valence-corrected chi connectivity index (χ0v) is 14.2. The molecule has 130 valence electrons. The number of aromatic nitrogens is 1. The maximum absolute atomic E-state index is 13.8. The second-order valence-corrected chi connectivity index (χ2v) is 6.41. The number of piperidine rings is 1. The molecule has 5 heteroatoms. The molecule has 1 aliphatic heterocycles. The largest absolute Gasteiger partial charge is 0.490 e. The number of ether oxygens (including phenoxy) is 1. The van der Waals surface area contributed by atoms with Gasteiger partial charge in [-0.2, -0.15) is 5.26 Å². The van der Waals surface area contributed by atoms with Crippen LogP contribution < -0.4 is 10.1 Å². The number of fused-ring (bicyclic) bond motifs is 1. The second-order valence-electron chi connectivity index (χ2n) is 6.41. The summed E-state index contributed by atoms with van der Waals surface area (Å²) >= 11 is 0. The van der Waals surface area contributed by atoms with E-state index in [0.29, 0.717) is 0 Å². The number of pyridine rings is 1. The Labute approximate surface area is 151 Å². The first kappa shape index (κ1) is 16.5. The van der Waals surface area contributed by atoms with E-state index in [0.717, 1.165) is 53.6 Å². The molecule has 1 aliphatic rings. The van der Waals surface area contributed by atoms with Crippen molar-refractivity contribution < 1.29 is 9.13 Å². The Morgan fingerprint density at radius 2 is 2.00 bits per heavy atom. The van der Waals surface area contributed by atoms with Gasteiger partial charge in [-0.05, 0) is 67.2 Å². The Kier molecular flexibility index (Phi) is 4.51. The van der Waals surface area contributed by atoms with E-state index in [4.69, 9.17) is 4.74 Å². The van der Waals surface area contributed by atoms with Crippen LogP contribution >= 0.6 is 0 Å². The van der Waals surface area contributed by atoms with Crippen molar-refractivity contribution in [2.75, 3.05) is 13.1 Å². The van der Waals surface area contributed by atoms with Gasteiger partial charge in [0.25, 0.3) is 0 Å². The summed E-state index contributed by atoms with van der Waals surface area (Å²) in [6.45, 7) is 1.87. The maximum atomic E-state index is 13.8. The van der Waals surface area contributed by atoms with Crippen molar-refractivity contribution >= 4 is 10.8 Å². The average Bonchev–Trinajstić information content (AvgIpc) is 2.69. The number of benzene rings is 2. The van der Waals surface area contributed by atoms with Gasteiger partial charge in [0.2, 0.25) is 0 Å². The number of rotatable bonds is 3. The molecule has 1 saturated heterocycles. The van der Waals surface area contributed by atoms with Gasteiger partial charge in [0.15, 0.2) is 0 Å². The molecule has 2 aromatic carbocycles. The third-order valence-electron chi connectivity index (χ3n) is 4.74. The fourth-order valence-electron chi connectivity index (χ4n) is 3.40. The lowest BCUT2D eigenvalue weighted by molar-refractivity contribution is 0.163. The lowest BCUT2D eigenvalue weighted by Gasteiger charge is -2.25. The smallest absolute Gasteiger partial charge is 0.140 e. The molecule has 1 aromatic heterocycles. The van der Waals surface area contributed by atoms with Crippen molar-refractivity contribution in [2.24, 2.45) is 0 Å². The van der Waals surface area contributed by atoms with Crippen LogP contribution in [0.25, 0.3) is 21.9 Å². The second kappa shape index (κ2) is 7.11. The van der Waals surface area contributed by atoms with Crippen LogP contribution in [0.4, 0.5) is 4.39 Å². The van der Waals surface area contributed by atoms with Crippen LogP contribution in [0.2, 0.25) is 0 Å². The zero-order valence-electron chi connectivity index (χ0n) is 14.2. The van der Waals surface area contributed by atoms with E-state index in [-0.39, 0.29) is 11.7 Å². The van der Waals surface area contributed by atoms with Crippen molar-refractivity contribution in [2.45, 2.75) is 18.9 Å². The van der Waals surface area contributed by atoms with Gasteiger partial charge in [-0.15, -0.1) is 0 Å². The first-order valence-corrected chi connectivity index (χ1v) is 8.70. The number of nitrogens with one attached hydrogen (secondary N) is 1. The summed E-state index contributed by atoms with van der Waals surface area (Å²) in [7, 11) is 0. The van der Waals surface area contributed by atoms with E-state index in [1.807, 2.05) is 24.3 Å². The standard InChI is InChI=1S/C21H18FN3O/c22-19-3-1-14(11-16(19)12-23)21-18-7-10-25-13-15(18)2-4-20(21)26-17-5-8-24-9-6-17/h1-4,7,10-11,13,17,24H,5-6,8-9H2. The summed E-state index contributed by atoms with van der Waals surface area (Å²) in [6.07, 6.45) is 5.56. The highest BCUT2D eigenvalue weighted by atomic mass is 19.1. The fourth-order valence-corrected chi connectivity index (χ4v) is 3.40. The van der Waals surface area contributed by atoms with Gasteiger partial charge in [-0.1, -0.05) is 6.07 Å². The van der Waals surface area contributed by atoms with Crippen LogP contribution in [-0.4, -0.2) is 24.2 Å². The Hall–Kier alpha value is -2.97. The van der Waals surface area contributed by atoms with E-state index >= 15 is 0 Å². The van der Waals surface area contributed by atoms with Gasteiger partial charge in [0.1, 0.15) is 23.7 Å². The molecule has 0 spiro atoms. The summed E-state index contributed by atoms with van der Waals surface area (Å²) in [5.41, 5.74) is 1.67. The van der Waals surface area contributed by atoms with Crippen molar-refractivity contribution in [1.82, 2.24) is 10.3 Å². The summed E-state index contributed by atoms with van der Waals surface area (Å²) in [5.74, 6) is 0.241. The lowest BCUT2D eigenvalue weighted by atomic mass is 9.96. The van der Waals surface area contributed by atoms with Crippen molar-refractivity contribution in [3.05, 3.63) is 60.2 Å². The van der Waals surface area contributed by atoms with Gasteiger partial charge >= 0.3 is 0 Å². The van der Waals surface area contributed by atoms with Crippen LogP contribution in [0.5, 0.6) is 5.75 Å². The molecule has 0 radical (unpaired) electrons. The number of hydrogen-bond donors (Lipinski definition) is 1. The molecule has 4 nitrogen and oxygen atoms in total. The normalized spacial score (nSPS) is 14.9. The molecule has 0 saturated carbocycles. The van der Waals surface area contributed by atoms with Gasteiger partial charge in [-0.3, -0.25) is 4.98 Å². The minimum atomic E-state index is -0.515.